The average molecular weight is 317 g/mol. The van der Waals surface area contributed by atoms with Crippen molar-refractivity contribution < 1.29 is 14.3 Å². The topological polar surface area (TPSA) is 111 Å². The van der Waals surface area contributed by atoms with E-state index in [1.54, 1.807) is 42.5 Å². The molecular weight excluding hydrogens is 306 g/mol. The van der Waals surface area contributed by atoms with Crippen molar-refractivity contribution in [3.8, 4) is 12.3 Å². The van der Waals surface area contributed by atoms with E-state index in [1.807, 2.05) is 0 Å². The van der Waals surface area contributed by atoms with Crippen molar-refractivity contribution in [3.63, 3.8) is 0 Å². The van der Waals surface area contributed by atoms with Crippen molar-refractivity contribution in [1.29, 1.82) is 0 Å². The molecule has 0 spiro atoms. The van der Waals surface area contributed by atoms with E-state index in [0.29, 0.717) is 5.56 Å². The smallest absolute Gasteiger partial charge is 0.423 e. The van der Waals surface area contributed by atoms with Gasteiger partial charge in [-0.2, -0.15) is 4.79 Å². The van der Waals surface area contributed by atoms with Gasteiger partial charge >= 0.3 is 11.7 Å². The van der Waals surface area contributed by atoms with Crippen LogP contribution in [-0.4, -0.2) is 16.5 Å². The van der Waals surface area contributed by atoms with E-state index >= 15 is 0 Å². The van der Waals surface area contributed by atoms with E-state index in [4.69, 9.17) is 16.7 Å². The third-order valence-corrected chi connectivity index (χ3v) is 3.08. The predicted octanol–water partition coefficient (Wildman–Crippen LogP) is 3.57. The number of ether oxygens (including phenoxy) is 1. The highest BCUT2D eigenvalue weighted by Crippen LogP contribution is 2.22. The molecule has 0 aliphatic carbocycles. The Morgan fingerprint density at radius 3 is 2.42 bits per heavy atom. The van der Waals surface area contributed by atoms with Crippen LogP contribution in [0.2, 0.25) is 0 Å². The number of esters is 1. The van der Waals surface area contributed by atoms with E-state index in [2.05, 4.69) is 20.7 Å². The average Bonchev–Trinajstić information content (AvgIpc) is 2.62. The summed E-state index contributed by atoms with van der Waals surface area (Å²) in [6.45, 7) is 0. The molecule has 0 bridgehead atoms. The normalized spacial score (nSPS) is 10.5. The standard InChI is InChI=1S/C17H11N5O2/c1-2-15(12-8-4-3-5-9-12)24-17(23)16(20-18)13-10-6-7-11-14(13)21-22-19/h1,3-11,15H. The molecule has 0 saturated heterocycles. The number of hydrogen-bond acceptors (Lipinski definition) is 3. The minimum atomic E-state index is -0.943. The lowest BCUT2D eigenvalue weighted by Gasteiger charge is -2.11. The molecule has 0 N–H and O–H groups in total. The van der Waals surface area contributed by atoms with Crippen LogP contribution in [0.3, 0.4) is 0 Å². The largest absolute Gasteiger partial charge is 0.435 e. The Balaban J connectivity index is 2.33. The number of carbonyl (C=O) groups excluding carboxylic acids is 1. The summed E-state index contributed by atoms with van der Waals surface area (Å²) in [5, 5.41) is 3.46. The first-order valence-electron chi connectivity index (χ1n) is 6.80. The maximum Gasteiger partial charge on any atom is 0.423 e. The van der Waals surface area contributed by atoms with Crippen molar-refractivity contribution in [2.75, 3.05) is 0 Å². The Morgan fingerprint density at radius 2 is 1.79 bits per heavy atom. The summed E-state index contributed by atoms with van der Waals surface area (Å²) in [5.41, 5.74) is 18.2. The number of carbonyl (C=O) groups is 1. The molecular formula is C17H11N5O2. The van der Waals surface area contributed by atoms with Crippen LogP contribution < -0.4 is 0 Å². The van der Waals surface area contributed by atoms with Crippen molar-refractivity contribution in [2.24, 2.45) is 5.11 Å². The third kappa shape index (κ3) is 3.67. The molecule has 0 amide bonds. The molecule has 0 aromatic heterocycles. The molecule has 1 unspecified atom stereocenters. The SMILES string of the molecule is C#CC(OC(=O)C(=[N+]=[N-])c1ccccc1N=[N+]=[N-])c1ccccc1. The zero-order chi connectivity index (χ0) is 17.4. The molecule has 2 aromatic carbocycles. The second-order valence-electron chi connectivity index (χ2n) is 4.52. The first-order chi connectivity index (χ1) is 11.7. The van der Waals surface area contributed by atoms with Crippen molar-refractivity contribution in [1.82, 2.24) is 0 Å². The molecule has 0 aliphatic rings. The van der Waals surface area contributed by atoms with Crippen LogP contribution in [0.5, 0.6) is 0 Å². The maximum atomic E-state index is 12.3. The Morgan fingerprint density at radius 1 is 1.12 bits per heavy atom. The van der Waals surface area contributed by atoms with Gasteiger partial charge in [0.2, 0.25) is 0 Å². The van der Waals surface area contributed by atoms with Crippen LogP contribution in [0.4, 0.5) is 5.69 Å². The van der Waals surface area contributed by atoms with Gasteiger partial charge in [-0.15, -0.1) is 6.42 Å². The first kappa shape index (κ1) is 16.5. The zero-order valence-electron chi connectivity index (χ0n) is 12.4. The molecule has 0 saturated carbocycles. The Labute approximate surface area is 137 Å². The number of hydrogen-bond donors (Lipinski definition) is 0. The van der Waals surface area contributed by atoms with Gasteiger partial charge in [-0.1, -0.05) is 59.6 Å². The van der Waals surface area contributed by atoms with Crippen LogP contribution >= 0.6 is 0 Å². The second-order valence-corrected chi connectivity index (χ2v) is 4.52. The van der Waals surface area contributed by atoms with E-state index in [-0.39, 0.29) is 11.3 Å². The molecule has 2 rings (SSSR count). The summed E-state index contributed by atoms with van der Waals surface area (Å²) in [5.74, 6) is 1.42. The van der Waals surface area contributed by atoms with Crippen LogP contribution in [0.15, 0.2) is 59.7 Å². The van der Waals surface area contributed by atoms with E-state index in [1.165, 1.54) is 12.1 Å². The zero-order valence-corrected chi connectivity index (χ0v) is 12.4. The highest BCUT2D eigenvalue weighted by molar-refractivity contribution is 6.41. The molecule has 7 nitrogen and oxygen atoms in total. The van der Waals surface area contributed by atoms with Crippen molar-refractivity contribution in [3.05, 3.63) is 81.7 Å². The van der Waals surface area contributed by atoms with Gasteiger partial charge in [-0.25, -0.2) is 4.79 Å². The lowest BCUT2D eigenvalue weighted by atomic mass is 10.1. The molecule has 24 heavy (non-hydrogen) atoms. The summed E-state index contributed by atoms with van der Waals surface area (Å²) in [4.78, 5) is 18.0. The minimum absolute atomic E-state index is 0.127. The monoisotopic (exact) mass is 317 g/mol. The summed E-state index contributed by atoms with van der Waals surface area (Å²) < 4.78 is 5.23. The van der Waals surface area contributed by atoms with E-state index < -0.39 is 17.8 Å². The molecule has 0 radical (unpaired) electrons. The number of azide groups is 1. The van der Waals surface area contributed by atoms with Crippen molar-refractivity contribution in [2.45, 2.75) is 6.10 Å². The van der Waals surface area contributed by atoms with Gasteiger partial charge in [0.05, 0.1) is 11.3 Å². The van der Waals surface area contributed by atoms with Gasteiger partial charge in [0.25, 0.3) is 0 Å². The van der Waals surface area contributed by atoms with Gasteiger partial charge in [0, 0.05) is 10.5 Å². The quantitative estimate of drug-likeness (QED) is 0.210. The molecule has 2 aromatic rings. The fourth-order valence-corrected chi connectivity index (χ4v) is 2.00. The van der Waals surface area contributed by atoms with Crippen LogP contribution in [0, 0.1) is 12.3 Å². The Bertz CT molecular complexity index is 889. The highest BCUT2D eigenvalue weighted by Gasteiger charge is 2.29. The number of nitrogens with zero attached hydrogens (tertiary/aromatic N) is 5. The molecule has 0 fully saturated rings. The summed E-state index contributed by atoms with van der Waals surface area (Å²) in [6, 6.07) is 14.9. The minimum Gasteiger partial charge on any atom is -0.435 e. The predicted molar refractivity (Wildman–Crippen MR) is 87.1 cm³/mol. The van der Waals surface area contributed by atoms with Gasteiger partial charge in [-0.05, 0) is 11.6 Å². The number of rotatable bonds is 5. The third-order valence-electron chi connectivity index (χ3n) is 3.08. The molecule has 0 aliphatic heterocycles. The molecule has 1 atom stereocenters. The summed E-state index contributed by atoms with van der Waals surface area (Å²) in [7, 11) is 0. The summed E-state index contributed by atoms with van der Waals surface area (Å²) in [6.07, 6.45) is 4.47. The van der Waals surface area contributed by atoms with Crippen LogP contribution in [0.25, 0.3) is 16.0 Å². The number of terminal acetylenes is 1. The van der Waals surface area contributed by atoms with E-state index in [9.17, 15) is 10.3 Å². The lowest BCUT2D eigenvalue weighted by molar-refractivity contribution is -0.143. The van der Waals surface area contributed by atoms with Crippen LogP contribution in [0.1, 0.15) is 17.2 Å². The fraction of sp³-hybridized carbons (Fsp3) is 0.0588. The fourth-order valence-electron chi connectivity index (χ4n) is 2.00. The molecule has 7 heteroatoms. The van der Waals surface area contributed by atoms with Gasteiger partial charge in [0.15, 0.2) is 6.10 Å². The second kappa shape index (κ2) is 7.97. The van der Waals surface area contributed by atoms with E-state index in [0.717, 1.165) is 0 Å². The van der Waals surface area contributed by atoms with Crippen molar-refractivity contribution >= 4 is 17.4 Å². The highest BCUT2D eigenvalue weighted by atomic mass is 16.5. The Hall–Kier alpha value is -3.84. The number of benzene rings is 2. The van der Waals surface area contributed by atoms with Gasteiger partial charge < -0.3 is 10.3 Å². The lowest BCUT2D eigenvalue weighted by Crippen LogP contribution is -2.22. The van der Waals surface area contributed by atoms with Crippen LogP contribution in [-0.2, 0) is 9.53 Å². The van der Waals surface area contributed by atoms with Gasteiger partial charge in [-0.3, -0.25) is 0 Å². The molecule has 116 valence electrons. The maximum absolute atomic E-state index is 12.3. The Kier molecular flexibility index (Phi) is 5.49. The van der Waals surface area contributed by atoms with Gasteiger partial charge in [0.1, 0.15) is 0 Å². The first-order valence-corrected chi connectivity index (χ1v) is 6.80. The molecule has 0 heterocycles. The summed E-state index contributed by atoms with van der Waals surface area (Å²) >= 11 is 0.